The van der Waals surface area contributed by atoms with Gasteiger partial charge in [0, 0.05) is 23.7 Å². The van der Waals surface area contributed by atoms with E-state index in [9.17, 15) is 4.39 Å². The summed E-state index contributed by atoms with van der Waals surface area (Å²) in [5, 5.41) is 3.40. The minimum Gasteiger partial charge on any atom is -0.486 e. The Balaban J connectivity index is 1.74. The van der Waals surface area contributed by atoms with Crippen LogP contribution >= 0.6 is 0 Å². The lowest BCUT2D eigenvalue weighted by Gasteiger charge is -2.27. The van der Waals surface area contributed by atoms with Gasteiger partial charge in [-0.1, -0.05) is 12.1 Å². The summed E-state index contributed by atoms with van der Waals surface area (Å²) in [6.45, 7) is 3.04. The van der Waals surface area contributed by atoms with Gasteiger partial charge in [0.2, 0.25) is 0 Å². The van der Waals surface area contributed by atoms with Crippen molar-refractivity contribution in [3.05, 3.63) is 42.2 Å². The lowest BCUT2D eigenvalue weighted by Crippen LogP contribution is -2.29. The van der Waals surface area contributed by atoms with E-state index in [2.05, 4.69) is 9.88 Å². The number of aromatic nitrogens is 2. The molecule has 5 rings (SSSR count). The minimum absolute atomic E-state index is 0.252. The zero-order valence-corrected chi connectivity index (χ0v) is 14.4. The number of fused-ring (bicyclic) bond motifs is 2. The zero-order chi connectivity index (χ0) is 17.5. The molecule has 26 heavy (non-hydrogen) atoms. The largest absolute Gasteiger partial charge is 0.486 e. The van der Waals surface area contributed by atoms with Crippen molar-refractivity contribution in [1.82, 2.24) is 14.9 Å². The molecule has 1 fully saturated rings. The van der Waals surface area contributed by atoms with E-state index in [1.165, 1.54) is 6.07 Å². The van der Waals surface area contributed by atoms with Gasteiger partial charge >= 0.3 is 0 Å². The van der Waals surface area contributed by atoms with Crippen molar-refractivity contribution in [3.8, 4) is 22.9 Å². The van der Waals surface area contributed by atoms with Gasteiger partial charge in [0.15, 0.2) is 11.5 Å². The Morgan fingerprint density at radius 2 is 1.81 bits per heavy atom. The SMILES string of the molecule is Fc1cccc(-c2nc3cc4c(cc3n2C2CCNCC2)OCCO4)c1. The van der Waals surface area contributed by atoms with E-state index < -0.39 is 0 Å². The number of nitrogens with one attached hydrogen (secondary N) is 1. The second-order valence-corrected chi connectivity index (χ2v) is 6.78. The Morgan fingerprint density at radius 1 is 1.04 bits per heavy atom. The summed E-state index contributed by atoms with van der Waals surface area (Å²) in [6.07, 6.45) is 2.03. The Labute approximate surface area is 150 Å². The summed E-state index contributed by atoms with van der Waals surface area (Å²) in [7, 11) is 0. The van der Waals surface area contributed by atoms with Crippen molar-refractivity contribution in [2.24, 2.45) is 0 Å². The van der Waals surface area contributed by atoms with Crippen molar-refractivity contribution < 1.29 is 13.9 Å². The molecule has 1 aromatic heterocycles. The topological polar surface area (TPSA) is 48.3 Å². The van der Waals surface area contributed by atoms with Crippen LogP contribution in [-0.2, 0) is 0 Å². The smallest absolute Gasteiger partial charge is 0.163 e. The van der Waals surface area contributed by atoms with Gasteiger partial charge in [0.25, 0.3) is 0 Å². The first-order chi connectivity index (χ1) is 12.8. The van der Waals surface area contributed by atoms with Crippen molar-refractivity contribution in [2.45, 2.75) is 18.9 Å². The number of hydrogen-bond acceptors (Lipinski definition) is 4. The molecule has 134 valence electrons. The normalized spacial score (nSPS) is 17.6. The number of hydrogen-bond donors (Lipinski definition) is 1. The fourth-order valence-corrected chi connectivity index (χ4v) is 3.90. The van der Waals surface area contributed by atoms with E-state index in [4.69, 9.17) is 14.5 Å². The molecule has 2 aliphatic rings. The van der Waals surface area contributed by atoms with Gasteiger partial charge < -0.3 is 19.4 Å². The van der Waals surface area contributed by atoms with Crippen molar-refractivity contribution in [1.29, 1.82) is 0 Å². The van der Waals surface area contributed by atoms with Crippen molar-refractivity contribution in [2.75, 3.05) is 26.3 Å². The van der Waals surface area contributed by atoms with Crippen LogP contribution in [0.3, 0.4) is 0 Å². The highest BCUT2D eigenvalue weighted by atomic mass is 19.1. The highest BCUT2D eigenvalue weighted by Crippen LogP contribution is 2.39. The molecule has 2 aliphatic heterocycles. The van der Waals surface area contributed by atoms with E-state index in [0.29, 0.717) is 19.3 Å². The molecule has 0 spiro atoms. The first-order valence-electron chi connectivity index (χ1n) is 9.08. The molecule has 0 aliphatic carbocycles. The van der Waals surface area contributed by atoms with E-state index >= 15 is 0 Å². The molecule has 1 N–H and O–H groups in total. The van der Waals surface area contributed by atoms with Gasteiger partial charge in [-0.3, -0.25) is 0 Å². The molecule has 2 aromatic carbocycles. The molecular formula is C20H20FN3O2. The summed E-state index contributed by atoms with van der Waals surface area (Å²) < 4.78 is 27.6. The number of rotatable bonds is 2. The van der Waals surface area contributed by atoms with Crippen molar-refractivity contribution in [3.63, 3.8) is 0 Å². The van der Waals surface area contributed by atoms with Crippen LogP contribution in [0, 0.1) is 5.82 Å². The molecule has 0 amide bonds. The highest BCUT2D eigenvalue weighted by Gasteiger charge is 2.24. The standard InChI is InChI=1S/C20H20FN3O2/c21-14-3-1-2-13(10-14)20-23-16-11-18-19(26-9-8-25-18)12-17(16)24(20)15-4-6-22-7-5-15/h1-3,10-12,15,22H,4-9H2. The third kappa shape index (κ3) is 2.61. The fraction of sp³-hybridized carbons (Fsp3) is 0.350. The number of halogens is 1. The van der Waals surface area contributed by atoms with Gasteiger partial charge in [-0.25, -0.2) is 9.37 Å². The quantitative estimate of drug-likeness (QED) is 0.766. The van der Waals surface area contributed by atoms with Gasteiger partial charge in [-0.2, -0.15) is 0 Å². The van der Waals surface area contributed by atoms with Crippen LogP contribution < -0.4 is 14.8 Å². The molecule has 0 saturated carbocycles. The summed E-state index contributed by atoms with van der Waals surface area (Å²) in [6, 6.07) is 10.9. The lowest BCUT2D eigenvalue weighted by atomic mass is 10.1. The Kier molecular flexibility index (Phi) is 3.78. The molecule has 0 unspecified atom stereocenters. The summed E-state index contributed by atoms with van der Waals surface area (Å²) >= 11 is 0. The number of benzene rings is 2. The van der Waals surface area contributed by atoms with Crippen LogP contribution in [0.15, 0.2) is 36.4 Å². The van der Waals surface area contributed by atoms with Gasteiger partial charge in [-0.05, 0) is 38.1 Å². The maximum atomic E-state index is 13.8. The third-order valence-corrected chi connectivity index (χ3v) is 5.11. The molecule has 5 nitrogen and oxygen atoms in total. The van der Waals surface area contributed by atoms with Gasteiger partial charge in [-0.15, -0.1) is 0 Å². The maximum Gasteiger partial charge on any atom is 0.163 e. The number of piperidine rings is 1. The Bertz CT molecular complexity index is 963. The summed E-state index contributed by atoms with van der Waals surface area (Å²) in [4.78, 5) is 4.85. The third-order valence-electron chi connectivity index (χ3n) is 5.11. The molecular weight excluding hydrogens is 333 g/mol. The number of nitrogens with zero attached hydrogens (tertiary/aromatic N) is 2. The monoisotopic (exact) mass is 353 g/mol. The predicted octanol–water partition coefficient (Wildman–Crippen LogP) is 3.54. The van der Waals surface area contributed by atoms with Crippen LogP contribution in [0.25, 0.3) is 22.4 Å². The first-order valence-corrected chi connectivity index (χ1v) is 9.08. The maximum absolute atomic E-state index is 13.8. The summed E-state index contributed by atoms with van der Waals surface area (Å²) in [5.74, 6) is 2.03. The Morgan fingerprint density at radius 3 is 2.58 bits per heavy atom. The number of ether oxygens (including phenoxy) is 2. The van der Waals surface area contributed by atoms with Gasteiger partial charge in [0.1, 0.15) is 24.9 Å². The van der Waals surface area contributed by atoms with Crippen LogP contribution in [0.1, 0.15) is 18.9 Å². The van der Waals surface area contributed by atoms with Crippen LogP contribution in [0.5, 0.6) is 11.5 Å². The molecule has 3 heterocycles. The average Bonchev–Trinajstić information content (AvgIpc) is 3.05. The van der Waals surface area contributed by atoms with E-state index in [1.807, 2.05) is 18.2 Å². The zero-order valence-electron chi connectivity index (χ0n) is 14.4. The molecule has 3 aromatic rings. The van der Waals surface area contributed by atoms with E-state index in [1.54, 1.807) is 12.1 Å². The molecule has 0 atom stereocenters. The second kappa shape index (κ2) is 6.29. The fourth-order valence-electron chi connectivity index (χ4n) is 3.90. The van der Waals surface area contributed by atoms with Crippen molar-refractivity contribution >= 4 is 11.0 Å². The molecule has 0 bridgehead atoms. The summed E-state index contributed by atoms with van der Waals surface area (Å²) in [5.41, 5.74) is 2.66. The molecule has 6 heteroatoms. The minimum atomic E-state index is -0.252. The first kappa shape index (κ1) is 15.6. The number of imidazole rings is 1. The lowest BCUT2D eigenvalue weighted by molar-refractivity contribution is 0.172. The Hall–Kier alpha value is -2.60. The van der Waals surface area contributed by atoms with Crippen LogP contribution in [0.4, 0.5) is 4.39 Å². The average molecular weight is 353 g/mol. The predicted molar refractivity (Wildman–Crippen MR) is 97.3 cm³/mol. The van der Waals surface area contributed by atoms with Gasteiger partial charge in [0.05, 0.1) is 11.0 Å². The second-order valence-electron chi connectivity index (χ2n) is 6.78. The van der Waals surface area contributed by atoms with E-state index in [-0.39, 0.29) is 5.82 Å². The van der Waals surface area contributed by atoms with Crippen LogP contribution in [0.2, 0.25) is 0 Å². The highest BCUT2D eigenvalue weighted by molar-refractivity contribution is 5.84. The van der Waals surface area contributed by atoms with Crippen LogP contribution in [-0.4, -0.2) is 35.9 Å². The molecule has 0 radical (unpaired) electrons. The molecule has 1 saturated heterocycles. The van der Waals surface area contributed by atoms with E-state index in [0.717, 1.165) is 59.9 Å².